The lowest BCUT2D eigenvalue weighted by atomic mass is 10.1. The van der Waals surface area contributed by atoms with Crippen LogP contribution >= 0.6 is 0 Å². The van der Waals surface area contributed by atoms with Gasteiger partial charge in [0, 0.05) is 6.04 Å². The van der Waals surface area contributed by atoms with Gasteiger partial charge in [-0.2, -0.15) is 0 Å². The summed E-state index contributed by atoms with van der Waals surface area (Å²) in [4.78, 5) is 14.3. The van der Waals surface area contributed by atoms with E-state index in [2.05, 4.69) is 15.6 Å². The highest BCUT2D eigenvalue weighted by atomic mass is 16.1. The zero-order chi connectivity index (χ0) is 14.4. The maximum atomic E-state index is 12.2. The van der Waals surface area contributed by atoms with Crippen molar-refractivity contribution in [3.05, 3.63) is 29.3 Å². The standard InChI is InChI=1S/C14H24N4O/c1-10-5-6-13(17-15)12(9-10)14(19)16-11(2)7-8-18(3)4/h5-6,9,11,17H,7-8,15H2,1-4H3,(H,16,19). The van der Waals surface area contributed by atoms with Gasteiger partial charge < -0.3 is 15.6 Å². The number of nitrogen functional groups attached to an aromatic ring is 1. The molecule has 0 heterocycles. The highest BCUT2D eigenvalue weighted by molar-refractivity contribution is 5.99. The Balaban J connectivity index is 2.69. The normalized spacial score (nSPS) is 12.3. The molecule has 1 unspecified atom stereocenters. The van der Waals surface area contributed by atoms with Crippen LogP contribution in [0.1, 0.15) is 29.3 Å². The fourth-order valence-corrected chi connectivity index (χ4v) is 1.80. The Morgan fingerprint density at radius 3 is 2.68 bits per heavy atom. The van der Waals surface area contributed by atoms with Crippen LogP contribution in [0.5, 0.6) is 0 Å². The number of carbonyl (C=O) groups is 1. The summed E-state index contributed by atoms with van der Waals surface area (Å²) >= 11 is 0. The van der Waals surface area contributed by atoms with Crippen molar-refractivity contribution in [1.29, 1.82) is 0 Å². The third kappa shape index (κ3) is 4.89. The first-order valence-corrected chi connectivity index (χ1v) is 6.47. The number of hydrazine groups is 1. The third-order valence-electron chi connectivity index (χ3n) is 2.96. The Bertz CT molecular complexity index is 431. The second-order valence-corrected chi connectivity index (χ2v) is 5.16. The number of carbonyl (C=O) groups excluding carboxylic acids is 1. The molecule has 0 saturated carbocycles. The number of amides is 1. The van der Waals surface area contributed by atoms with Crippen molar-refractivity contribution >= 4 is 11.6 Å². The van der Waals surface area contributed by atoms with Crippen LogP contribution < -0.4 is 16.6 Å². The Hall–Kier alpha value is -1.59. The average molecular weight is 264 g/mol. The molecule has 1 atom stereocenters. The third-order valence-corrected chi connectivity index (χ3v) is 2.96. The Morgan fingerprint density at radius 2 is 2.11 bits per heavy atom. The lowest BCUT2D eigenvalue weighted by Crippen LogP contribution is -2.35. The molecule has 5 heteroatoms. The number of hydrogen-bond acceptors (Lipinski definition) is 4. The highest BCUT2D eigenvalue weighted by Gasteiger charge is 2.13. The molecule has 0 spiro atoms. The van der Waals surface area contributed by atoms with Crippen molar-refractivity contribution in [2.24, 2.45) is 5.84 Å². The summed E-state index contributed by atoms with van der Waals surface area (Å²) in [6.07, 6.45) is 0.913. The monoisotopic (exact) mass is 264 g/mol. The van der Waals surface area contributed by atoms with Gasteiger partial charge in [0.15, 0.2) is 0 Å². The molecule has 19 heavy (non-hydrogen) atoms. The van der Waals surface area contributed by atoms with Gasteiger partial charge in [0.1, 0.15) is 0 Å². The minimum atomic E-state index is -0.0945. The first kappa shape index (κ1) is 15.5. The van der Waals surface area contributed by atoms with E-state index < -0.39 is 0 Å². The van der Waals surface area contributed by atoms with Gasteiger partial charge in [-0.05, 0) is 53.0 Å². The lowest BCUT2D eigenvalue weighted by Gasteiger charge is -2.18. The second-order valence-electron chi connectivity index (χ2n) is 5.16. The van der Waals surface area contributed by atoms with Gasteiger partial charge in [-0.3, -0.25) is 10.6 Å². The van der Waals surface area contributed by atoms with Crippen molar-refractivity contribution in [3.8, 4) is 0 Å². The Labute approximate surface area is 115 Å². The summed E-state index contributed by atoms with van der Waals surface area (Å²) in [5, 5.41) is 2.99. The topological polar surface area (TPSA) is 70.4 Å². The van der Waals surface area contributed by atoms with Crippen molar-refractivity contribution < 1.29 is 4.79 Å². The van der Waals surface area contributed by atoms with Gasteiger partial charge in [0.25, 0.3) is 5.91 Å². The van der Waals surface area contributed by atoms with Gasteiger partial charge in [-0.15, -0.1) is 0 Å². The van der Waals surface area contributed by atoms with Gasteiger partial charge in [-0.25, -0.2) is 0 Å². The van der Waals surface area contributed by atoms with E-state index in [4.69, 9.17) is 5.84 Å². The minimum Gasteiger partial charge on any atom is -0.349 e. The molecule has 1 amide bonds. The van der Waals surface area contributed by atoms with Crippen molar-refractivity contribution in [3.63, 3.8) is 0 Å². The number of benzene rings is 1. The Kier molecular flexibility index (Phi) is 5.79. The molecule has 1 aromatic rings. The molecule has 0 radical (unpaired) electrons. The molecule has 0 aliphatic heterocycles. The molecule has 0 fully saturated rings. The van der Waals surface area contributed by atoms with E-state index in [-0.39, 0.29) is 11.9 Å². The van der Waals surface area contributed by atoms with Crippen molar-refractivity contribution in [2.75, 3.05) is 26.1 Å². The number of nitrogens with two attached hydrogens (primary N) is 1. The number of rotatable bonds is 6. The first-order valence-electron chi connectivity index (χ1n) is 6.47. The molecule has 0 aliphatic carbocycles. The molecular weight excluding hydrogens is 240 g/mol. The van der Waals surface area contributed by atoms with Crippen LogP contribution in [0.4, 0.5) is 5.69 Å². The van der Waals surface area contributed by atoms with Gasteiger partial charge in [0.2, 0.25) is 0 Å². The van der Waals surface area contributed by atoms with E-state index in [1.807, 2.05) is 46.1 Å². The molecule has 0 saturated heterocycles. The predicted molar refractivity (Wildman–Crippen MR) is 79.1 cm³/mol. The van der Waals surface area contributed by atoms with Gasteiger partial charge in [-0.1, -0.05) is 11.6 Å². The largest absolute Gasteiger partial charge is 0.349 e. The number of aryl methyl sites for hydroxylation is 1. The van der Waals surface area contributed by atoms with Crippen LogP contribution in [0.25, 0.3) is 0 Å². The molecule has 0 aliphatic rings. The smallest absolute Gasteiger partial charge is 0.253 e. The molecule has 106 valence electrons. The number of hydrogen-bond donors (Lipinski definition) is 3. The molecular formula is C14H24N4O. The predicted octanol–water partition coefficient (Wildman–Crippen LogP) is 1.35. The number of anilines is 1. The maximum Gasteiger partial charge on any atom is 0.253 e. The van der Waals surface area contributed by atoms with Crippen LogP contribution in [0.2, 0.25) is 0 Å². The zero-order valence-corrected chi connectivity index (χ0v) is 12.2. The Morgan fingerprint density at radius 1 is 1.42 bits per heavy atom. The molecule has 0 bridgehead atoms. The van der Waals surface area contributed by atoms with Crippen LogP contribution in [-0.4, -0.2) is 37.5 Å². The van der Waals surface area contributed by atoms with Gasteiger partial charge in [0.05, 0.1) is 11.3 Å². The lowest BCUT2D eigenvalue weighted by molar-refractivity contribution is 0.0937. The number of nitrogens with one attached hydrogen (secondary N) is 2. The first-order chi connectivity index (χ1) is 8.93. The average Bonchev–Trinajstić information content (AvgIpc) is 2.36. The fourth-order valence-electron chi connectivity index (χ4n) is 1.80. The summed E-state index contributed by atoms with van der Waals surface area (Å²) in [5.74, 6) is 5.34. The van der Waals surface area contributed by atoms with Crippen LogP contribution in [0.3, 0.4) is 0 Å². The molecule has 4 N–H and O–H groups in total. The quantitative estimate of drug-likeness (QED) is 0.536. The molecule has 0 aromatic heterocycles. The zero-order valence-electron chi connectivity index (χ0n) is 12.2. The maximum absolute atomic E-state index is 12.2. The summed E-state index contributed by atoms with van der Waals surface area (Å²) in [6, 6.07) is 5.69. The van der Waals surface area contributed by atoms with Crippen LogP contribution in [-0.2, 0) is 0 Å². The van der Waals surface area contributed by atoms with E-state index in [1.165, 1.54) is 0 Å². The van der Waals surface area contributed by atoms with Gasteiger partial charge >= 0.3 is 0 Å². The molecule has 5 nitrogen and oxygen atoms in total. The fraction of sp³-hybridized carbons (Fsp3) is 0.500. The van der Waals surface area contributed by atoms with Crippen molar-refractivity contribution in [1.82, 2.24) is 10.2 Å². The second kappa shape index (κ2) is 7.11. The van der Waals surface area contributed by atoms with Crippen molar-refractivity contribution in [2.45, 2.75) is 26.3 Å². The van der Waals surface area contributed by atoms with E-state index >= 15 is 0 Å². The van der Waals surface area contributed by atoms with E-state index in [9.17, 15) is 4.79 Å². The van der Waals surface area contributed by atoms with Crippen LogP contribution in [0.15, 0.2) is 18.2 Å². The summed E-state index contributed by atoms with van der Waals surface area (Å²) < 4.78 is 0. The summed E-state index contributed by atoms with van der Waals surface area (Å²) in [5.41, 5.74) is 4.81. The SMILES string of the molecule is Cc1ccc(NN)c(C(=O)NC(C)CCN(C)C)c1. The van der Waals surface area contributed by atoms with E-state index in [1.54, 1.807) is 0 Å². The summed E-state index contributed by atoms with van der Waals surface area (Å²) in [6.45, 7) is 4.90. The van der Waals surface area contributed by atoms with Crippen LogP contribution in [0, 0.1) is 6.92 Å². The number of nitrogens with zero attached hydrogens (tertiary/aromatic N) is 1. The molecule has 1 rings (SSSR count). The highest BCUT2D eigenvalue weighted by Crippen LogP contribution is 2.16. The summed E-state index contributed by atoms with van der Waals surface area (Å²) in [7, 11) is 4.04. The molecule has 1 aromatic carbocycles. The van der Waals surface area contributed by atoms with E-state index in [0.717, 1.165) is 18.5 Å². The minimum absolute atomic E-state index is 0.0945. The van der Waals surface area contributed by atoms with E-state index in [0.29, 0.717) is 11.3 Å².